The van der Waals surface area contributed by atoms with Crippen LogP contribution in [0.1, 0.15) is 42.4 Å². The fourth-order valence-electron chi connectivity index (χ4n) is 3.23. The lowest BCUT2D eigenvalue weighted by Crippen LogP contribution is -2.28. The van der Waals surface area contributed by atoms with Gasteiger partial charge >= 0.3 is 5.97 Å². The maximum absolute atomic E-state index is 12.7. The fraction of sp³-hybridized carbons (Fsp3) is 0.130. The zero-order chi connectivity index (χ0) is 22.7. The molecular weight excluding hydrogens is 416 g/mol. The molecule has 4 rings (SSSR count). The van der Waals surface area contributed by atoms with Gasteiger partial charge in [-0.2, -0.15) is 0 Å². The van der Waals surface area contributed by atoms with Gasteiger partial charge < -0.3 is 19.6 Å². The van der Waals surface area contributed by atoms with E-state index in [2.05, 4.69) is 0 Å². The number of benzene rings is 2. The summed E-state index contributed by atoms with van der Waals surface area (Å²) in [6.45, 7) is -0.309. The van der Waals surface area contributed by atoms with E-state index in [0.717, 1.165) is 4.90 Å². The average molecular weight is 434 g/mol. The second kappa shape index (κ2) is 8.76. The molecule has 3 amide bonds. The highest BCUT2D eigenvalue weighted by atomic mass is 16.5. The van der Waals surface area contributed by atoms with Gasteiger partial charge in [-0.05, 0) is 48.0 Å². The van der Waals surface area contributed by atoms with Gasteiger partial charge in [0.05, 0.1) is 29.5 Å². The van der Waals surface area contributed by atoms with Crippen LogP contribution in [0.4, 0.5) is 0 Å². The highest BCUT2D eigenvalue weighted by molar-refractivity contribution is 6.21. The van der Waals surface area contributed by atoms with Crippen LogP contribution >= 0.6 is 0 Å². The Hall–Kier alpha value is -4.40. The van der Waals surface area contributed by atoms with E-state index in [4.69, 9.17) is 19.6 Å². The zero-order valence-electron chi connectivity index (χ0n) is 16.8. The first-order valence-corrected chi connectivity index (χ1v) is 9.62. The molecule has 0 spiro atoms. The molecular formula is C23H18N2O7. The van der Waals surface area contributed by atoms with Crippen LogP contribution < -0.4 is 10.5 Å². The Morgan fingerprint density at radius 2 is 1.78 bits per heavy atom. The summed E-state index contributed by atoms with van der Waals surface area (Å²) in [6, 6.07) is 14.2. The largest absolute Gasteiger partial charge is 0.484 e. The van der Waals surface area contributed by atoms with Crippen molar-refractivity contribution in [1.82, 2.24) is 4.90 Å². The second-order valence-electron chi connectivity index (χ2n) is 7.01. The maximum atomic E-state index is 12.7. The van der Waals surface area contributed by atoms with Gasteiger partial charge in [-0.25, -0.2) is 4.79 Å². The molecule has 0 fully saturated rings. The molecule has 0 bridgehead atoms. The molecule has 1 aliphatic heterocycles. The minimum atomic E-state index is -0.652. The summed E-state index contributed by atoms with van der Waals surface area (Å²) in [6.07, 6.45) is 1.46. The molecule has 2 N–H and O–H groups in total. The van der Waals surface area contributed by atoms with Gasteiger partial charge in [0.15, 0.2) is 6.61 Å². The number of nitrogens with zero attached hydrogens (tertiary/aromatic N) is 1. The lowest BCUT2D eigenvalue weighted by atomic mass is 10.1. The molecule has 1 aliphatic rings. The first-order valence-electron chi connectivity index (χ1n) is 9.62. The smallest absolute Gasteiger partial charge is 0.338 e. The predicted molar refractivity (Wildman–Crippen MR) is 110 cm³/mol. The Kier molecular flexibility index (Phi) is 5.71. The number of hydrogen-bond acceptors (Lipinski definition) is 7. The summed E-state index contributed by atoms with van der Waals surface area (Å²) in [5.41, 5.74) is 6.19. The van der Waals surface area contributed by atoms with E-state index in [1.807, 2.05) is 0 Å². The zero-order valence-corrected chi connectivity index (χ0v) is 16.8. The van der Waals surface area contributed by atoms with Gasteiger partial charge in [0.2, 0.25) is 0 Å². The van der Waals surface area contributed by atoms with E-state index in [0.29, 0.717) is 17.1 Å². The summed E-state index contributed by atoms with van der Waals surface area (Å²) < 4.78 is 15.8. The van der Waals surface area contributed by atoms with Gasteiger partial charge in [-0.15, -0.1) is 0 Å². The van der Waals surface area contributed by atoms with Crippen LogP contribution in [0, 0.1) is 0 Å². The number of amides is 3. The Morgan fingerprint density at radius 3 is 2.53 bits per heavy atom. The molecule has 0 aliphatic carbocycles. The van der Waals surface area contributed by atoms with Crippen molar-refractivity contribution >= 4 is 23.7 Å². The van der Waals surface area contributed by atoms with E-state index in [9.17, 15) is 19.2 Å². The van der Waals surface area contributed by atoms with Crippen LogP contribution in [0.25, 0.3) is 0 Å². The first-order chi connectivity index (χ1) is 15.4. The Bertz CT molecular complexity index is 1200. The summed E-state index contributed by atoms with van der Waals surface area (Å²) in [7, 11) is 0. The van der Waals surface area contributed by atoms with E-state index in [-0.39, 0.29) is 36.4 Å². The molecule has 3 aromatic rings. The Labute approximate surface area is 182 Å². The third-order valence-corrected chi connectivity index (χ3v) is 4.75. The number of fused-ring (bicyclic) bond motifs is 1. The number of carbonyl (C=O) groups is 4. The quantitative estimate of drug-likeness (QED) is 0.425. The van der Waals surface area contributed by atoms with Gasteiger partial charge in [0.1, 0.15) is 18.1 Å². The Balaban J connectivity index is 1.43. The van der Waals surface area contributed by atoms with Crippen molar-refractivity contribution in [2.75, 3.05) is 6.61 Å². The minimum absolute atomic E-state index is 0.00723. The number of imide groups is 1. The highest BCUT2D eigenvalue weighted by Crippen LogP contribution is 2.26. The van der Waals surface area contributed by atoms with Crippen molar-refractivity contribution in [2.24, 2.45) is 5.73 Å². The molecule has 9 heteroatoms. The van der Waals surface area contributed by atoms with Gasteiger partial charge in [0.25, 0.3) is 17.7 Å². The molecule has 32 heavy (non-hydrogen) atoms. The van der Waals surface area contributed by atoms with Crippen molar-refractivity contribution < 1.29 is 33.1 Å². The number of carbonyl (C=O) groups excluding carboxylic acids is 4. The molecule has 2 heterocycles. The second-order valence-corrected chi connectivity index (χ2v) is 7.01. The molecule has 0 saturated carbocycles. The van der Waals surface area contributed by atoms with Crippen molar-refractivity contribution in [3.63, 3.8) is 0 Å². The van der Waals surface area contributed by atoms with Crippen molar-refractivity contribution in [3.8, 4) is 5.75 Å². The number of hydrogen-bond donors (Lipinski definition) is 1. The molecule has 0 saturated heterocycles. The predicted octanol–water partition coefficient (Wildman–Crippen LogP) is 2.30. The van der Waals surface area contributed by atoms with E-state index >= 15 is 0 Å². The number of ether oxygens (including phenoxy) is 2. The van der Waals surface area contributed by atoms with Crippen LogP contribution in [0.3, 0.4) is 0 Å². The van der Waals surface area contributed by atoms with Gasteiger partial charge in [0, 0.05) is 0 Å². The van der Waals surface area contributed by atoms with Gasteiger partial charge in [-0.1, -0.05) is 12.1 Å². The standard InChI is InChI=1S/C23H18N2O7/c24-20(26)13-31-16-4-1-3-14(9-16)12-32-23(29)15-6-7-18-19(10-15)22(28)25(21(18)27)11-17-5-2-8-30-17/h1-10H,11-13H2,(H2,24,26). The van der Waals surface area contributed by atoms with Gasteiger partial charge in [-0.3, -0.25) is 19.3 Å². The fourth-order valence-corrected chi connectivity index (χ4v) is 3.23. The highest BCUT2D eigenvalue weighted by Gasteiger charge is 2.36. The minimum Gasteiger partial charge on any atom is -0.484 e. The molecule has 0 atom stereocenters. The molecule has 9 nitrogen and oxygen atoms in total. The van der Waals surface area contributed by atoms with Crippen LogP contribution in [-0.2, 0) is 22.7 Å². The molecule has 0 unspecified atom stereocenters. The number of esters is 1. The van der Waals surface area contributed by atoms with Crippen molar-refractivity contribution in [1.29, 1.82) is 0 Å². The lowest BCUT2D eigenvalue weighted by molar-refractivity contribution is -0.119. The normalized spacial score (nSPS) is 12.6. The SMILES string of the molecule is NC(=O)COc1cccc(COC(=O)c2ccc3c(c2)C(=O)N(Cc2ccco2)C3=O)c1. The number of nitrogens with two attached hydrogens (primary N) is 1. The summed E-state index contributed by atoms with van der Waals surface area (Å²) in [5.74, 6) is -1.32. The molecule has 2 aromatic carbocycles. The average Bonchev–Trinajstić information content (AvgIpc) is 3.39. The van der Waals surface area contributed by atoms with Crippen LogP contribution in [-0.4, -0.2) is 35.2 Å². The van der Waals surface area contributed by atoms with Crippen molar-refractivity contribution in [2.45, 2.75) is 13.2 Å². The van der Waals surface area contributed by atoms with E-state index in [1.165, 1.54) is 24.5 Å². The van der Waals surface area contributed by atoms with E-state index in [1.54, 1.807) is 36.4 Å². The molecule has 0 radical (unpaired) electrons. The number of furan rings is 1. The molecule has 1 aromatic heterocycles. The van der Waals surface area contributed by atoms with Crippen LogP contribution in [0.15, 0.2) is 65.3 Å². The topological polar surface area (TPSA) is 129 Å². The summed E-state index contributed by atoms with van der Waals surface area (Å²) in [4.78, 5) is 49.7. The summed E-state index contributed by atoms with van der Waals surface area (Å²) in [5, 5.41) is 0. The molecule has 162 valence electrons. The maximum Gasteiger partial charge on any atom is 0.338 e. The van der Waals surface area contributed by atoms with Crippen LogP contribution in [0.2, 0.25) is 0 Å². The van der Waals surface area contributed by atoms with Crippen molar-refractivity contribution in [3.05, 3.63) is 88.9 Å². The number of rotatable bonds is 8. The third kappa shape index (κ3) is 4.36. The number of primary amides is 1. The van der Waals surface area contributed by atoms with Crippen LogP contribution in [0.5, 0.6) is 5.75 Å². The first kappa shape index (κ1) is 20.9. The Morgan fingerprint density at radius 1 is 0.969 bits per heavy atom. The third-order valence-electron chi connectivity index (χ3n) is 4.75. The summed E-state index contributed by atoms with van der Waals surface area (Å²) >= 11 is 0. The monoisotopic (exact) mass is 434 g/mol. The van der Waals surface area contributed by atoms with E-state index < -0.39 is 23.7 Å². The lowest BCUT2D eigenvalue weighted by Gasteiger charge is -2.11.